The monoisotopic (exact) mass is 258 g/mol. The number of pyridine rings is 1. The predicted molar refractivity (Wildman–Crippen MR) is 79.2 cm³/mol. The van der Waals surface area contributed by atoms with Crippen molar-refractivity contribution in [2.75, 3.05) is 14.2 Å². The van der Waals surface area contributed by atoms with E-state index in [0.29, 0.717) is 12.1 Å². The van der Waals surface area contributed by atoms with Crippen molar-refractivity contribution < 1.29 is 4.74 Å². The highest BCUT2D eigenvalue weighted by Gasteiger charge is 2.13. The average molecular weight is 258 g/mol. The van der Waals surface area contributed by atoms with Gasteiger partial charge in [-0.25, -0.2) is 0 Å². The second-order valence-electron chi connectivity index (χ2n) is 4.88. The van der Waals surface area contributed by atoms with Gasteiger partial charge in [0.25, 0.3) is 0 Å². The molecule has 3 nitrogen and oxygen atoms in total. The van der Waals surface area contributed by atoms with Gasteiger partial charge in [0.05, 0.1) is 11.6 Å². The van der Waals surface area contributed by atoms with E-state index in [-0.39, 0.29) is 0 Å². The zero-order valence-electron chi connectivity index (χ0n) is 11.9. The van der Waals surface area contributed by atoms with E-state index >= 15 is 0 Å². The van der Waals surface area contributed by atoms with Gasteiger partial charge in [-0.2, -0.15) is 0 Å². The Kier molecular flexibility index (Phi) is 4.88. The highest BCUT2D eigenvalue weighted by Crippen LogP contribution is 2.26. The van der Waals surface area contributed by atoms with Crippen molar-refractivity contribution >= 4 is 10.9 Å². The van der Waals surface area contributed by atoms with Crippen molar-refractivity contribution in [1.82, 2.24) is 10.3 Å². The Morgan fingerprint density at radius 1 is 1.21 bits per heavy atom. The number of nitrogens with one attached hydrogen (secondary N) is 1. The van der Waals surface area contributed by atoms with Crippen molar-refractivity contribution in [2.24, 2.45) is 0 Å². The van der Waals surface area contributed by atoms with Gasteiger partial charge in [-0.3, -0.25) is 4.98 Å². The molecule has 2 rings (SSSR count). The summed E-state index contributed by atoms with van der Waals surface area (Å²) in [4.78, 5) is 4.42. The van der Waals surface area contributed by atoms with Gasteiger partial charge in [-0.1, -0.05) is 18.2 Å². The summed E-state index contributed by atoms with van der Waals surface area (Å²) in [5.74, 6) is 0. The normalized spacial score (nSPS) is 14.5. The van der Waals surface area contributed by atoms with Gasteiger partial charge in [0.1, 0.15) is 0 Å². The lowest BCUT2D eigenvalue weighted by Gasteiger charge is -2.20. The zero-order valence-corrected chi connectivity index (χ0v) is 11.9. The molecule has 2 unspecified atom stereocenters. The Bertz CT molecular complexity index is 522. The molecule has 0 spiro atoms. The standard InChI is InChI=1S/C16H22N2O/c1-12(19-3)9-10-15(17-2)13-6-4-8-16-14(13)7-5-11-18-16/h4-8,11-12,15,17H,9-10H2,1-3H3. The first-order chi connectivity index (χ1) is 9.26. The van der Waals surface area contributed by atoms with Crippen molar-refractivity contribution in [3.63, 3.8) is 0 Å². The molecule has 1 aromatic heterocycles. The number of nitrogens with zero attached hydrogens (tertiary/aromatic N) is 1. The van der Waals surface area contributed by atoms with Gasteiger partial charge in [-0.05, 0) is 44.5 Å². The number of rotatable bonds is 6. The minimum atomic E-state index is 0.295. The van der Waals surface area contributed by atoms with E-state index in [0.717, 1.165) is 18.4 Å². The van der Waals surface area contributed by atoms with Crippen LogP contribution in [0.3, 0.4) is 0 Å². The summed E-state index contributed by atoms with van der Waals surface area (Å²) in [6, 6.07) is 10.8. The van der Waals surface area contributed by atoms with Crippen molar-refractivity contribution in [2.45, 2.75) is 31.9 Å². The first-order valence-corrected chi connectivity index (χ1v) is 6.80. The average Bonchev–Trinajstić information content (AvgIpc) is 2.47. The molecule has 2 atom stereocenters. The van der Waals surface area contributed by atoms with Crippen LogP contribution in [0.4, 0.5) is 0 Å². The second-order valence-corrected chi connectivity index (χ2v) is 4.88. The first kappa shape index (κ1) is 14.0. The van der Waals surface area contributed by atoms with Crippen LogP contribution in [-0.4, -0.2) is 25.2 Å². The molecule has 0 bridgehead atoms. The van der Waals surface area contributed by atoms with Crippen LogP contribution in [0, 0.1) is 0 Å². The Hall–Kier alpha value is -1.45. The maximum atomic E-state index is 5.33. The van der Waals surface area contributed by atoms with E-state index in [1.54, 1.807) is 7.11 Å². The maximum Gasteiger partial charge on any atom is 0.0705 e. The van der Waals surface area contributed by atoms with Crippen LogP contribution in [0.15, 0.2) is 36.5 Å². The summed E-state index contributed by atoms with van der Waals surface area (Å²) >= 11 is 0. The minimum absolute atomic E-state index is 0.295. The van der Waals surface area contributed by atoms with Crippen LogP contribution < -0.4 is 5.32 Å². The summed E-state index contributed by atoms with van der Waals surface area (Å²) in [5, 5.41) is 4.64. The summed E-state index contributed by atoms with van der Waals surface area (Å²) in [6.07, 6.45) is 4.23. The highest BCUT2D eigenvalue weighted by molar-refractivity contribution is 5.82. The maximum absolute atomic E-state index is 5.33. The Labute approximate surface area is 115 Å². The molecule has 3 heteroatoms. The van der Waals surface area contributed by atoms with E-state index < -0.39 is 0 Å². The third kappa shape index (κ3) is 3.31. The van der Waals surface area contributed by atoms with Gasteiger partial charge in [0, 0.05) is 24.7 Å². The van der Waals surface area contributed by atoms with Gasteiger partial charge < -0.3 is 10.1 Å². The SMILES string of the molecule is CNC(CCC(C)OC)c1cccc2ncccc12. The van der Waals surface area contributed by atoms with Crippen molar-refractivity contribution in [3.8, 4) is 0 Å². The van der Waals surface area contributed by atoms with Crippen molar-refractivity contribution in [1.29, 1.82) is 0 Å². The largest absolute Gasteiger partial charge is 0.382 e. The molecule has 102 valence electrons. The number of benzene rings is 1. The lowest BCUT2D eigenvalue weighted by atomic mass is 9.97. The molecule has 0 fully saturated rings. The highest BCUT2D eigenvalue weighted by atomic mass is 16.5. The number of hydrogen-bond donors (Lipinski definition) is 1. The van der Waals surface area contributed by atoms with Crippen molar-refractivity contribution in [3.05, 3.63) is 42.1 Å². The number of fused-ring (bicyclic) bond motifs is 1. The molecule has 1 N–H and O–H groups in total. The van der Waals surface area contributed by atoms with Gasteiger partial charge in [0.15, 0.2) is 0 Å². The Morgan fingerprint density at radius 2 is 2.05 bits per heavy atom. The van der Waals surface area contributed by atoms with E-state index in [2.05, 4.69) is 41.5 Å². The summed E-state index contributed by atoms with van der Waals surface area (Å²) in [7, 11) is 3.78. The third-order valence-corrected chi connectivity index (χ3v) is 3.67. The molecular weight excluding hydrogens is 236 g/mol. The Morgan fingerprint density at radius 3 is 2.79 bits per heavy atom. The summed E-state index contributed by atoms with van der Waals surface area (Å²) < 4.78 is 5.33. The van der Waals surface area contributed by atoms with Crippen LogP contribution in [0.25, 0.3) is 10.9 Å². The quantitative estimate of drug-likeness (QED) is 0.863. The van der Waals surface area contributed by atoms with Crippen LogP contribution in [0.2, 0.25) is 0 Å². The molecule has 0 radical (unpaired) electrons. The number of ether oxygens (including phenoxy) is 1. The molecule has 0 aliphatic heterocycles. The third-order valence-electron chi connectivity index (χ3n) is 3.67. The van der Waals surface area contributed by atoms with Gasteiger partial charge in [-0.15, -0.1) is 0 Å². The summed E-state index contributed by atoms with van der Waals surface area (Å²) in [6.45, 7) is 2.11. The van der Waals surface area contributed by atoms with E-state index in [9.17, 15) is 0 Å². The molecule has 0 saturated carbocycles. The fourth-order valence-corrected chi connectivity index (χ4v) is 2.41. The Balaban J connectivity index is 2.25. The van der Waals surface area contributed by atoms with Crippen LogP contribution >= 0.6 is 0 Å². The van der Waals surface area contributed by atoms with Gasteiger partial charge >= 0.3 is 0 Å². The summed E-state index contributed by atoms with van der Waals surface area (Å²) in [5.41, 5.74) is 2.37. The van der Waals surface area contributed by atoms with Crippen LogP contribution in [0.5, 0.6) is 0 Å². The number of methoxy groups -OCH3 is 1. The predicted octanol–water partition coefficient (Wildman–Crippen LogP) is 3.31. The smallest absolute Gasteiger partial charge is 0.0705 e. The van der Waals surface area contributed by atoms with Gasteiger partial charge in [0.2, 0.25) is 0 Å². The molecule has 0 aliphatic rings. The molecule has 1 aromatic carbocycles. The van der Waals surface area contributed by atoms with Crippen LogP contribution in [-0.2, 0) is 4.74 Å². The second kappa shape index (κ2) is 6.64. The fraction of sp³-hybridized carbons (Fsp3) is 0.438. The fourth-order valence-electron chi connectivity index (χ4n) is 2.41. The molecular formula is C16H22N2O. The lowest BCUT2D eigenvalue weighted by molar-refractivity contribution is 0.106. The van der Waals surface area contributed by atoms with E-state index in [4.69, 9.17) is 4.74 Å². The number of hydrogen-bond acceptors (Lipinski definition) is 3. The van der Waals surface area contributed by atoms with E-state index in [1.807, 2.05) is 19.3 Å². The lowest BCUT2D eigenvalue weighted by Crippen LogP contribution is -2.19. The first-order valence-electron chi connectivity index (χ1n) is 6.80. The van der Waals surface area contributed by atoms with Crippen LogP contribution in [0.1, 0.15) is 31.4 Å². The van der Waals surface area contributed by atoms with E-state index in [1.165, 1.54) is 10.9 Å². The molecule has 2 aromatic rings. The molecule has 0 aliphatic carbocycles. The molecule has 0 amide bonds. The molecule has 1 heterocycles. The molecule has 0 saturated heterocycles. The number of aromatic nitrogens is 1. The zero-order chi connectivity index (χ0) is 13.7. The molecule has 19 heavy (non-hydrogen) atoms. The minimum Gasteiger partial charge on any atom is -0.382 e. The topological polar surface area (TPSA) is 34.1 Å².